The van der Waals surface area contributed by atoms with Gasteiger partial charge in [-0.1, -0.05) is 24.3 Å². The zero-order valence-corrected chi connectivity index (χ0v) is 15.7. The number of ether oxygens (including phenoxy) is 1. The van der Waals surface area contributed by atoms with Crippen LogP contribution in [0.2, 0.25) is 0 Å². The number of nitrogens with zero attached hydrogens (tertiary/aromatic N) is 1. The molecule has 146 valence electrons. The van der Waals surface area contributed by atoms with Gasteiger partial charge in [0.05, 0.1) is 6.10 Å². The Morgan fingerprint density at radius 1 is 1.11 bits per heavy atom. The van der Waals surface area contributed by atoms with Gasteiger partial charge in [0.25, 0.3) is 0 Å². The predicted molar refractivity (Wildman–Crippen MR) is 103 cm³/mol. The molecule has 0 spiro atoms. The van der Waals surface area contributed by atoms with Gasteiger partial charge in [-0.05, 0) is 74.2 Å². The lowest BCUT2D eigenvalue weighted by Crippen LogP contribution is -2.41. The Hall–Kier alpha value is -1.95. The number of β-amino-alcohol motifs (C(OH)–C–C–N with tert-alkyl or cyclic N) is 1. The molecule has 27 heavy (non-hydrogen) atoms. The minimum absolute atomic E-state index is 0.160. The summed E-state index contributed by atoms with van der Waals surface area (Å²) in [5, 5.41) is 20.8. The van der Waals surface area contributed by atoms with E-state index in [1.807, 2.05) is 31.2 Å². The van der Waals surface area contributed by atoms with Crippen molar-refractivity contribution in [3.05, 3.63) is 65.5 Å². The Balaban J connectivity index is 1.41. The highest BCUT2D eigenvalue weighted by Gasteiger charge is 2.27. The molecular formula is C22H28FNO3. The van der Waals surface area contributed by atoms with Gasteiger partial charge in [0, 0.05) is 6.54 Å². The summed E-state index contributed by atoms with van der Waals surface area (Å²) in [5.74, 6) is 0.644. The maximum atomic E-state index is 13.0. The Morgan fingerprint density at radius 2 is 1.81 bits per heavy atom. The highest BCUT2D eigenvalue weighted by atomic mass is 19.1. The molecule has 3 rings (SSSR count). The topological polar surface area (TPSA) is 52.9 Å². The number of benzene rings is 2. The summed E-state index contributed by atoms with van der Waals surface area (Å²) in [6.45, 7) is 4.48. The number of piperidine rings is 1. The normalized spacial score (nSPS) is 18.2. The van der Waals surface area contributed by atoms with Crippen LogP contribution >= 0.6 is 0 Å². The number of aliphatic hydroxyl groups is 2. The molecule has 1 heterocycles. The standard InChI is InChI=1S/C22H28FNO3/c1-16-3-2-4-21(13-16)27-15-20(25)14-24-11-9-18(10-12-24)22(26)17-5-7-19(23)8-6-17/h2-8,13,18,20,22,25-26H,9-12,14-15H2,1H3. The smallest absolute Gasteiger partial charge is 0.123 e. The molecule has 2 unspecified atom stereocenters. The molecule has 0 aliphatic carbocycles. The molecule has 1 aliphatic rings. The second-order valence-electron chi connectivity index (χ2n) is 7.42. The quantitative estimate of drug-likeness (QED) is 0.782. The highest BCUT2D eigenvalue weighted by molar-refractivity contribution is 5.27. The first-order valence-electron chi connectivity index (χ1n) is 9.54. The van der Waals surface area contributed by atoms with Crippen molar-refractivity contribution < 1.29 is 19.3 Å². The Kier molecular flexibility index (Phi) is 6.83. The fourth-order valence-corrected chi connectivity index (χ4v) is 3.63. The van der Waals surface area contributed by atoms with Crippen LogP contribution in [0.15, 0.2) is 48.5 Å². The Morgan fingerprint density at radius 3 is 2.48 bits per heavy atom. The molecule has 5 heteroatoms. The summed E-state index contributed by atoms with van der Waals surface area (Å²) < 4.78 is 18.7. The van der Waals surface area contributed by atoms with Crippen LogP contribution in [-0.2, 0) is 0 Å². The van der Waals surface area contributed by atoms with Gasteiger partial charge < -0.3 is 19.8 Å². The maximum absolute atomic E-state index is 13.0. The van der Waals surface area contributed by atoms with Crippen LogP contribution in [0.5, 0.6) is 5.75 Å². The SMILES string of the molecule is Cc1cccc(OCC(O)CN2CCC(C(O)c3ccc(F)cc3)CC2)c1. The summed E-state index contributed by atoms with van der Waals surface area (Å²) in [4.78, 5) is 2.21. The van der Waals surface area contributed by atoms with Gasteiger partial charge in [-0.25, -0.2) is 4.39 Å². The van der Waals surface area contributed by atoms with Gasteiger partial charge in [0.2, 0.25) is 0 Å². The van der Waals surface area contributed by atoms with E-state index in [0.717, 1.165) is 42.8 Å². The molecular weight excluding hydrogens is 345 g/mol. The zero-order chi connectivity index (χ0) is 19.2. The van der Waals surface area contributed by atoms with Gasteiger partial charge in [-0.2, -0.15) is 0 Å². The first-order chi connectivity index (χ1) is 13.0. The molecule has 0 bridgehead atoms. The fourth-order valence-electron chi connectivity index (χ4n) is 3.63. The van der Waals surface area contributed by atoms with E-state index in [9.17, 15) is 14.6 Å². The largest absolute Gasteiger partial charge is 0.491 e. The summed E-state index contributed by atoms with van der Waals surface area (Å²) in [5.41, 5.74) is 1.89. The third-order valence-corrected chi connectivity index (χ3v) is 5.19. The van der Waals surface area contributed by atoms with Crippen molar-refractivity contribution in [1.82, 2.24) is 4.90 Å². The van der Waals surface area contributed by atoms with Crippen LogP contribution in [0.25, 0.3) is 0 Å². The van der Waals surface area contributed by atoms with Gasteiger partial charge in [0.15, 0.2) is 0 Å². The number of hydrogen-bond acceptors (Lipinski definition) is 4. The van der Waals surface area contributed by atoms with Gasteiger partial charge in [0.1, 0.15) is 24.3 Å². The van der Waals surface area contributed by atoms with Crippen LogP contribution in [0, 0.1) is 18.7 Å². The Labute approximate surface area is 160 Å². The number of aliphatic hydroxyl groups excluding tert-OH is 2. The van der Waals surface area contributed by atoms with Crippen molar-refractivity contribution in [1.29, 1.82) is 0 Å². The predicted octanol–water partition coefficient (Wildman–Crippen LogP) is 3.32. The van der Waals surface area contributed by atoms with Crippen LogP contribution in [0.3, 0.4) is 0 Å². The third kappa shape index (κ3) is 5.76. The first kappa shape index (κ1) is 19.8. The lowest BCUT2D eigenvalue weighted by atomic mass is 9.87. The zero-order valence-electron chi connectivity index (χ0n) is 15.7. The van der Waals surface area contributed by atoms with Gasteiger partial charge in [-0.3, -0.25) is 0 Å². The van der Waals surface area contributed by atoms with Gasteiger partial charge in [-0.15, -0.1) is 0 Å². The minimum Gasteiger partial charge on any atom is -0.491 e. The lowest BCUT2D eigenvalue weighted by Gasteiger charge is -2.35. The molecule has 0 amide bonds. The van der Waals surface area contributed by atoms with E-state index in [1.165, 1.54) is 12.1 Å². The van der Waals surface area contributed by atoms with Crippen LogP contribution < -0.4 is 4.74 Å². The molecule has 2 aromatic rings. The number of rotatable bonds is 7. The molecule has 2 aromatic carbocycles. The molecule has 1 fully saturated rings. The number of hydrogen-bond donors (Lipinski definition) is 2. The van der Waals surface area contributed by atoms with E-state index >= 15 is 0 Å². The number of aryl methyl sites for hydroxylation is 1. The summed E-state index contributed by atoms with van der Waals surface area (Å²) in [6, 6.07) is 13.9. The van der Waals surface area contributed by atoms with Crippen molar-refractivity contribution in [3.8, 4) is 5.75 Å². The minimum atomic E-state index is -0.567. The third-order valence-electron chi connectivity index (χ3n) is 5.19. The molecule has 2 N–H and O–H groups in total. The number of likely N-dealkylation sites (tertiary alicyclic amines) is 1. The van der Waals surface area contributed by atoms with Crippen molar-refractivity contribution in [2.24, 2.45) is 5.92 Å². The lowest BCUT2D eigenvalue weighted by molar-refractivity contribution is 0.0278. The average Bonchev–Trinajstić information content (AvgIpc) is 2.67. The van der Waals surface area contributed by atoms with Crippen molar-refractivity contribution in [3.63, 3.8) is 0 Å². The van der Waals surface area contributed by atoms with Crippen LogP contribution in [-0.4, -0.2) is 47.5 Å². The molecule has 1 saturated heterocycles. The molecule has 4 nitrogen and oxygen atoms in total. The maximum Gasteiger partial charge on any atom is 0.123 e. The monoisotopic (exact) mass is 373 g/mol. The van der Waals surface area contributed by atoms with Gasteiger partial charge >= 0.3 is 0 Å². The summed E-state index contributed by atoms with van der Waals surface area (Å²) in [6.07, 6.45) is 0.583. The molecule has 0 aromatic heterocycles. The molecule has 0 radical (unpaired) electrons. The van der Waals surface area contributed by atoms with Crippen LogP contribution in [0.4, 0.5) is 4.39 Å². The van der Waals surface area contributed by atoms with Crippen LogP contribution in [0.1, 0.15) is 30.1 Å². The Bertz CT molecular complexity index is 714. The van der Waals surface area contributed by atoms with E-state index in [0.29, 0.717) is 6.54 Å². The van der Waals surface area contributed by atoms with Crippen molar-refractivity contribution in [2.75, 3.05) is 26.2 Å². The van der Waals surface area contributed by atoms with Crippen molar-refractivity contribution >= 4 is 0 Å². The molecule has 2 atom stereocenters. The molecule has 0 saturated carbocycles. The highest BCUT2D eigenvalue weighted by Crippen LogP contribution is 2.30. The number of halogens is 1. The van der Waals surface area contributed by atoms with E-state index in [2.05, 4.69) is 4.90 Å². The second kappa shape index (κ2) is 9.31. The first-order valence-corrected chi connectivity index (χ1v) is 9.54. The second-order valence-corrected chi connectivity index (χ2v) is 7.42. The van der Waals surface area contributed by atoms with E-state index < -0.39 is 12.2 Å². The fraction of sp³-hybridized carbons (Fsp3) is 0.455. The molecule has 1 aliphatic heterocycles. The van der Waals surface area contributed by atoms with E-state index in [4.69, 9.17) is 4.74 Å². The summed E-state index contributed by atoms with van der Waals surface area (Å²) >= 11 is 0. The summed E-state index contributed by atoms with van der Waals surface area (Å²) in [7, 11) is 0. The van der Waals surface area contributed by atoms with E-state index in [-0.39, 0.29) is 18.3 Å². The van der Waals surface area contributed by atoms with Crippen molar-refractivity contribution in [2.45, 2.75) is 32.0 Å². The van der Waals surface area contributed by atoms with E-state index in [1.54, 1.807) is 12.1 Å². The average molecular weight is 373 g/mol.